The number of ether oxygens (including phenoxy) is 1. The molecule has 0 spiro atoms. The highest BCUT2D eigenvalue weighted by Crippen LogP contribution is 2.26. The molecule has 0 radical (unpaired) electrons. The van der Waals surface area contributed by atoms with Gasteiger partial charge in [-0.05, 0) is 30.5 Å². The van der Waals surface area contributed by atoms with Gasteiger partial charge in [-0.3, -0.25) is 0 Å². The number of likely N-dealkylation sites (N-methyl/N-ethyl adjacent to an activating group) is 1. The molecule has 100 valence electrons. The van der Waals surface area contributed by atoms with E-state index in [9.17, 15) is 8.78 Å². The molecule has 0 N–H and O–H groups in total. The molecule has 1 fully saturated rings. The van der Waals surface area contributed by atoms with Crippen LogP contribution < -0.4 is 4.90 Å². The maximum atomic E-state index is 13.9. The summed E-state index contributed by atoms with van der Waals surface area (Å²) in [5.74, 6) is -1.05. The van der Waals surface area contributed by atoms with Crippen LogP contribution in [0.4, 0.5) is 14.5 Å². The van der Waals surface area contributed by atoms with Crippen LogP contribution in [-0.4, -0.2) is 26.3 Å². The summed E-state index contributed by atoms with van der Waals surface area (Å²) in [6.07, 6.45) is 2.05. The lowest BCUT2D eigenvalue weighted by atomic mass is 10.1. The van der Waals surface area contributed by atoms with Crippen LogP contribution in [0.25, 0.3) is 0 Å². The topological polar surface area (TPSA) is 12.5 Å². The van der Waals surface area contributed by atoms with E-state index in [1.54, 1.807) is 11.9 Å². The van der Waals surface area contributed by atoms with Crippen molar-refractivity contribution in [2.24, 2.45) is 0 Å². The third kappa shape index (κ3) is 3.01. The van der Waals surface area contributed by atoms with E-state index in [0.717, 1.165) is 19.4 Å². The van der Waals surface area contributed by atoms with Crippen LogP contribution in [0.5, 0.6) is 0 Å². The van der Waals surface area contributed by atoms with Gasteiger partial charge >= 0.3 is 0 Å². The van der Waals surface area contributed by atoms with E-state index in [0.29, 0.717) is 17.4 Å². The first-order valence-corrected chi connectivity index (χ1v) is 7.10. The lowest BCUT2D eigenvalue weighted by Gasteiger charge is -2.24. The van der Waals surface area contributed by atoms with Gasteiger partial charge in [-0.15, -0.1) is 0 Å². The maximum absolute atomic E-state index is 13.9. The molecule has 0 aromatic heterocycles. The Balaban J connectivity index is 2.15. The Hall–Kier alpha value is -0.680. The van der Waals surface area contributed by atoms with Crippen LogP contribution in [0.15, 0.2) is 12.1 Å². The molecular weight excluding hydrogens is 304 g/mol. The fourth-order valence-corrected chi connectivity index (χ4v) is 2.57. The van der Waals surface area contributed by atoms with Crippen molar-refractivity contribution in [2.75, 3.05) is 25.1 Å². The van der Waals surface area contributed by atoms with Gasteiger partial charge in [0.15, 0.2) is 0 Å². The third-order valence-corrected chi connectivity index (χ3v) is 3.76. The lowest BCUT2D eigenvalue weighted by molar-refractivity contribution is 0.116. The van der Waals surface area contributed by atoms with Crippen molar-refractivity contribution in [1.82, 2.24) is 0 Å². The van der Waals surface area contributed by atoms with E-state index in [2.05, 4.69) is 15.9 Å². The highest BCUT2D eigenvalue weighted by atomic mass is 79.9. The second kappa shape index (κ2) is 5.97. The highest BCUT2D eigenvalue weighted by Gasteiger charge is 2.21. The van der Waals surface area contributed by atoms with Gasteiger partial charge in [0.1, 0.15) is 17.3 Å². The summed E-state index contributed by atoms with van der Waals surface area (Å²) in [5, 5.41) is 0.441. The standard InChI is InChI=1S/C13H16BrF2NO/c1-17(8-10-3-2-4-18-10)13-11(15)5-9(7-14)6-12(13)16/h5-6,10H,2-4,7-8H2,1H3. The first kappa shape index (κ1) is 13.7. The number of alkyl halides is 1. The summed E-state index contributed by atoms with van der Waals surface area (Å²) < 4.78 is 33.2. The van der Waals surface area contributed by atoms with Gasteiger partial charge in [0, 0.05) is 25.5 Å². The Kier molecular flexibility index (Phi) is 4.56. The Morgan fingerprint density at radius 2 is 2.06 bits per heavy atom. The Morgan fingerprint density at radius 1 is 1.39 bits per heavy atom. The van der Waals surface area contributed by atoms with Crippen molar-refractivity contribution >= 4 is 21.6 Å². The zero-order valence-corrected chi connectivity index (χ0v) is 11.8. The molecule has 0 bridgehead atoms. The minimum atomic E-state index is -0.523. The number of rotatable bonds is 4. The van der Waals surface area contributed by atoms with Crippen molar-refractivity contribution in [3.63, 3.8) is 0 Å². The van der Waals surface area contributed by atoms with Crippen LogP contribution in [0.3, 0.4) is 0 Å². The molecule has 1 saturated heterocycles. The van der Waals surface area contributed by atoms with Gasteiger partial charge in [0.25, 0.3) is 0 Å². The minimum Gasteiger partial charge on any atom is -0.376 e. The molecule has 0 amide bonds. The fraction of sp³-hybridized carbons (Fsp3) is 0.538. The van der Waals surface area contributed by atoms with E-state index in [1.807, 2.05) is 0 Å². The Morgan fingerprint density at radius 3 is 2.56 bits per heavy atom. The molecule has 1 aliphatic rings. The molecule has 2 nitrogen and oxygen atoms in total. The first-order chi connectivity index (χ1) is 8.61. The van der Waals surface area contributed by atoms with E-state index in [-0.39, 0.29) is 11.8 Å². The molecule has 1 unspecified atom stereocenters. The van der Waals surface area contributed by atoms with Gasteiger partial charge < -0.3 is 9.64 Å². The Labute approximate surface area is 114 Å². The highest BCUT2D eigenvalue weighted by molar-refractivity contribution is 9.08. The van der Waals surface area contributed by atoms with E-state index >= 15 is 0 Å². The predicted molar refractivity (Wildman–Crippen MR) is 71.2 cm³/mol. The average molecular weight is 320 g/mol. The second-order valence-corrected chi connectivity index (χ2v) is 5.12. The van der Waals surface area contributed by atoms with Gasteiger partial charge in [-0.2, -0.15) is 0 Å². The summed E-state index contributed by atoms with van der Waals surface area (Å²) >= 11 is 3.19. The van der Waals surface area contributed by atoms with Gasteiger partial charge in [-0.25, -0.2) is 8.78 Å². The molecule has 1 heterocycles. The van der Waals surface area contributed by atoms with Gasteiger partial charge in [0.05, 0.1) is 6.10 Å². The van der Waals surface area contributed by atoms with E-state index < -0.39 is 11.6 Å². The normalized spacial score (nSPS) is 19.2. The summed E-state index contributed by atoms with van der Waals surface area (Å²) in [4.78, 5) is 1.60. The molecule has 0 aliphatic carbocycles. The molecule has 1 aromatic rings. The van der Waals surface area contributed by atoms with E-state index in [1.165, 1.54) is 12.1 Å². The van der Waals surface area contributed by atoms with E-state index in [4.69, 9.17) is 4.74 Å². The monoisotopic (exact) mass is 319 g/mol. The lowest BCUT2D eigenvalue weighted by Crippen LogP contribution is -2.30. The van der Waals surface area contributed by atoms with Crippen molar-refractivity contribution in [1.29, 1.82) is 0 Å². The zero-order valence-electron chi connectivity index (χ0n) is 10.3. The molecule has 18 heavy (non-hydrogen) atoms. The zero-order chi connectivity index (χ0) is 13.1. The van der Waals surface area contributed by atoms with Crippen LogP contribution in [-0.2, 0) is 10.1 Å². The number of benzene rings is 1. The number of hydrogen-bond acceptors (Lipinski definition) is 2. The van der Waals surface area contributed by atoms with Crippen molar-refractivity contribution in [3.8, 4) is 0 Å². The van der Waals surface area contributed by atoms with Crippen molar-refractivity contribution < 1.29 is 13.5 Å². The number of anilines is 1. The molecule has 5 heteroatoms. The van der Waals surface area contributed by atoms with Crippen molar-refractivity contribution in [3.05, 3.63) is 29.3 Å². The predicted octanol–water partition coefficient (Wildman–Crippen LogP) is 3.47. The van der Waals surface area contributed by atoms with Gasteiger partial charge in [0.2, 0.25) is 0 Å². The first-order valence-electron chi connectivity index (χ1n) is 5.98. The summed E-state index contributed by atoms with van der Waals surface area (Å²) in [7, 11) is 1.69. The molecule has 1 aliphatic heterocycles. The number of nitrogens with zero attached hydrogens (tertiary/aromatic N) is 1. The maximum Gasteiger partial charge on any atom is 0.149 e. The molecule has 2 rings (SSSR count). The SMILES string of the molecule is CN(CC1CCCO1)c1c(F)cc(CBr)cc1F. The Bertz CT molecular complexity index is 398. The van der Waals surface area contributed by atoms with Crippen LogP contribution in [0.2, 0.25) is 0 Å². The van der Waals surface area contributed by atoms with Crippen molar-refractivity contribution in [2.45, 2.75) is 24.3 Å². The molecule has 1 aromatic carbocycles. The molecule has 0 saturated carbocycles. The van der Waals surface area contributed by atoms with Crippen LogP contribution >= 0.6 is 15.9 Å². The fourth-order valence-electron chi connectivity index (χ4n) is 2.24. The van der Waals surface area contributed by atoms with Crippen LogP contribution in [0, 0.1) is 11.6 Å². The largest absolute Gasteiger partial charge is 0.376 e. The van der Waals surface area contributed by atoms with Gasteiger partial charge in [-0.1, -0.05) is 15.9 Å². The smallest absolute Gasteiger partial charge is 0.149 e. The summed E-state index contributed by atoms with van der Waals surface area (Å²) in [5.41, 5.74) is 0.620. The molecular formula is C13H16BrF2NO. The minimum absolute atomic E-state index is 0.0233. The molecule has 1 atom stereocenters. The second-order valence-electron chi connectivity index (χ2n) is 4.56. The third-order valence-electron chi connectivity index (χ3n) is 3.11. The summed E-state index contributed by atoms with van der Waals surface area (Å²) in [6.45, 7) is 1.26. The quantitative estimate of drug-likeness (QED) is 0.788. The average Bonchev–Trinajstić information content (AvgIpc) is 2.80. The summed E-state index contributed by atoms with van der Waals surface area (Å²) in [6, 6.07) is 2.72. The van der Waals surface area contributed by atoms with Crippen LogP contribution in [0.1, 0.15) is 18.4 Å². The number of halogens is 3. The number of hydrogen-bond donors (Lipinski definition) is 0.